The summed E-state index contributed by atoms with van der Waals surface area (Å²) in [5.74, 6) is -2.77. The van der Waals surface area contributed by atoms with Crippen LogP contribution in [0.1, 0.15) is 56.2 Å². The molecule has 2 aliphatic heterocycles. The van der Waals surface area contributed by atoms with E-state index >= 15 is 0 Å². The molecular formula is C29H35F3N2O4. The summed E-state index contributed by atoms with van der Waals surface area (Å²) in [7, 11) is 0. The number of nitrogens with zero attached hydrogens (tertiary/aromatic N) is 2. The molecule has 2 aromatic carbocycles. The summed E-state index contributed by atoms with van der Waals surface area (Å²) >= 11 is 0. The molecule has 206 valence electrons. The largest absolute Gasteiger partial charge is 0.481 e. The van der Waals surface area contributed by atoms with Gasteiger partial charge in [-0.25, -0.2) is 0 Å². The van der Waals surface area contributed by atoms with E-state index in [1.165, 1.54) is 6.07 Å². The van der Waals surface area contributed by atoms with Crippen molar-refractivity contribution >= 4 is 17.6 Å². The lowest BCUT2D eigenvalue weighted by Crippen LogP contribution is -2.39. The second-order valence-corrected chi connectivity index (χ2v) is 11.3. The molecule has 4 rings (SSSR count). The third-order valence-corrected chi connectivity index (χ3v) is 7.29. The fraction of sp³-hybridized carbons (Fsp3) is 0.517. The van der Waals surface area contributed by atoms with Crippen LogP contribution in [0.2, 0.25) is 0 Å². The first kappa shape index (κ1) is 28.0. The molecule has 2 saturated heterocycles. The van der Waals surface area contributed by atoms with Crippen LogP contribution in [0.15, 0.2) is 48.5 Å². The molecule has 38 heavy (non-hydrogen) atoms. The zero-order valence-corrected chi connectivity index (χ0v) is 22.0. The average molecular weight is 533 g/mol. The molecule has 1 N–H and O–H groups in total. The highest BCUT2D eigenvalue weighted by Gasteiger charge is 2.41. The summed E-state index contributed by atoms with van der Waals surface area (Å²) in [5, 5.41) is 10.0. The van der Waals surface area contributed by atoms with Crippen LogP contribution in [0.3, 0.4) is 0 Å². The van der Waals surface area contributed by atoms with E-state index in [9.17, 15) is 27.9 Å². The molecule has 0 saturated carbocycles. The van der Waals surface area contributed by atoms with Crippen LogP contribution in [0.4, 0.5) is 18.9 Å². The molecule has 9 heteroatoms. The maximum atomic E-state index is 13.7. The number of anilines is 1. The Hall–Kier alpha value is -3.07. The van der Waals surface area contributed by atoms with E-state index in [1.807, 2.05) is 35.2 Å². The molecule has 1 unspecified atom stereocenters. The Kier molecular flexibility index (Phi) is 8.06. The number of carbonyl (C=O) groups excluding carboxylic acids is 1. The molecule has 0 aromatic heterocycles. The van der Waals surface area contributed by atoms with Crippen LogP contribution in [-0.2, 0) is 27.0 Å². The molecule has 2 heterocycles. The third-order valence-electron chi connectivity index (χ3n) is 7.29. The number of piperidine rings is 1. The fourth-order valence-electron chi connectivity index (χ4n) is 5.47. The number of likely N-dealkylation sites (tertiary alicyclic amines) is 1. The Labute approximate surface area is 221 Å². The maximum Gasteiger partial charge on any atom is 0.416 e. The normalized spacial score (nSPS) is 21.5. The number of esters is 1. The van der Waals surface area contributed by atoms with Crippen LogP contribution < -0.4 is 4.90 Å². The van der Waals surface area contributed by atoms with Crippen LogP contribution >= 0.6 is 0 Å². The summed E-state index contributed by atoms with van der Waals surface area (Å²) in [6.45, 7) is 7.49. The van der Waals surface area contributed by atoms with E-state index in [-0.39, 0.29) is 11.9 Å². The first-order valence-electron chi connectivity index (χ1n) is 13.0. The number of carbonyl (C=O) groups is 2. The van der Waals surface area contributed by atoms with Gasteiger partial charge in [-0.1, -0.05) is 36.4 Å². The van der Waals surface area contributed by atoms with E-state index in [0.29, 0.717) is 56.8 Å². The molecular weight excluding hydrogens is 497 g/mol. The van der Waals surface area contributed by atoms with Crippen LogP contribution in [0.5, 0.6) is 0 Å². The van der Waals surface area contributed by atoms with Gasteiger partial charge in [-0.15, -0.1) is 0 Å². The number of hydrogen-bond acceptors (Lipinski definition) is 5. The Morgan fingerprint density at radius 1 is 1.00 bits per heavy atom. The van der Waals surface area contributed by atoms with Crippen molar-refractivity contribution < 1.29 is 32.6 Å². The van der Waals surface area contributed by atoms with Gasteiger partial charge >= 0.3 is 18.1 Å². The number of alkyl halides is 3. The maximum absolute atomic E-state index is 13.7. The Morgan fingerprint density at radius 3 is 2.24 bits per heavy atom. The van der Waals surface area contributed by atoms with Crippen molar-refractivity contribution in [2.75, 3.05) is 31.1 Å². The molecule has 0 aliphatic carbocycles. The van der Waals surface area contributed by atoms with E-state index in [0.717, 1.165) is 17.7 Å². The quantitative estimate of drug-likeness (QED) is 0.491. The Bertz CT molecular complexity index is 1140. The van der Waals surface area contributed by atoms with Crippen molar-refractivity contribution in [3.05, 3.63) is 65.2 Å². The minimum atomic E-state index is -4.52. The summed E-state index contributed by atoms with van der Waals surface area (Å²) in [5.41, 5.74) is 0.685. The van der Waals surface area contributed by atoms with Gasteiger partial charge in [0.05, 0.1) is 17.4 Å². The van der Waals surface area contributed by atoms with Gasteiger partial charge in [0.15, 0.2) is 0 Å². The minimum Gasteiger partial charge on any atom is -0.481 e. The molecule has 2 aliphatic rings. The highest BCUT2D eigenvalue weighted by molar-refractivity contribution is 5.75. The van der Waals surface area contributed by atoms with Crippen LogP contribution in [-0.4, -0.2) is 53.7 Å². The number of halogens is 3. The van der Waals surface area contributed by atoms with Gasteiger partial charge in [0.25, 0.3) is 0 Å². The minimum absolute atomic E-state index is 0.292. The lowest BCUT2D eigenvalue weighted by atomic mass is 9.86. The van der Waals surface area contributed by atoms with Gasteiger partial charge in [0, 0.05) is 44.3 Å². The molecule has 2 aromatic rings. The number of rotatable bonds is 6. The predicted molar refractivity (Wildman–Crippen MR) is 138 cm³/mol. The average Bonchev–Trinajstić information content (AvgIpc) is 3.27. The molecule has 2 fully saturated rings. The first-order valence-corrected chi connectivity index (χ1v) is 13.0. The van der Waals surface area contributed by atoms with Crippen LogP contribution in [0.25, 0.3) is 0 Å². The van der Waals surface area contributed by atoms with Crippen molar-refractivity contribution in [3.8, 4) is 0 Å². The number of aliphatic carboxylic acids is 1. The van der Waals surface area contributed by atoms with Gasteiger partial charge < -0.3 is 14.7 Å². The lowest BCUT2D eigenvalue weighted by Gasteiger charge is -2.36. The zero-order chi connectivity index (χ0) is 27.7. The van der Waals surface area contributed by atoms with Crippen LogP contribution in [0, 0.1) is 11.8 Å². The van der Waals surface area contributed by atoms with Crippen molar-refractivity contribution in [2.45, 2.75) is 57.9 Å². The highest BCUT2D eigenvalue weighted by Crippen LogP contribution is 2.42. The Morgan fingerprint density at radius 2 is 1.66 bits per heavy atom. The van der Waals surface area contributed by atoms with Crippen molar-refractivity contribution in [1.29, 1.82) is 0 Å². The summed E-state index contributed by atoms with van der Waals surface area (Å²) < 4.78 is 46.6. The lowest BCUT2D eigenvalue weighted by molar-refractivity contribution is -0.160. The highest BCUT2D eigenvalue weighted by atomic mass is 19.4. The molecule has 2 atom stereocenters. The van der Waals surface area contributed by atoms with Gasteiger partial charge in [-0.3, -0.25) is 14.5 Å². The number of hydrogen-bond donors (Lipinski definition) is 1. The van der Waals surface area contributed by atoms with E-state index in [4.69, 9.17) is 4.74 Å². The molecule has 0 amide bonds. The smallest absolute Gasteiger partial charge is 0.416 e. The number of carboxylic acids is 1. The topological polar surface area (TPSA) is 70.1 Å². The van der Waals surface area contributed by atoms with Crippen molar-refractivity contribution in [1.82, 2.24) is 4.90 Å². The Balaban J connectivity index is 1.60. The van der Waals surface area contributed by atoms with Gasteiger partial charge in [-0.2, -0.15) is 13.2 Å². The standard InChI is InChI=1S/C29H35F3N2O4/c1-28(2,3)38-27(37)20-11-13-34(14-12-20)25-15-21(29(30,31)32)9-10-22(25)23-17-33(18-24(23)26(35)36)16-19-7-5-4-6-8-19/h4-10,15,20,23-24H,11-14,16-18H2,1-3H3,(H,35,36)/t23-,24?/m0/s1. The number of ether oxygens (including phenoxy) is 1. The van der Waals surface area contributed by atoms with Gasteiger partial charge in [0.1, 0.15) is 5.60 Å². The molecule has 6 nitrogen and oxygen atoms in total. The fourth-order valence-corrected chi connectivity index (χ4v) is 5.47. The van der Waals surface area contributed by atoms with E-state index in [2.05, 4.69) is 4.90 Å². The van der Waals surface area contributed by atoms with E-state index < -0.39 is 35.1 Å². The predicted octanol–water partition coefficient (Wildman–Crippen LogP) is 5.56. The monoisotopic (exact) mass is 532 g/mol. The summed E-state index contributed by atoms with van der Waals surface area (Å²) in [4.78, 5) is 28.7. The number of benzene rings is 2. The second kappa shape index (κ2) is 11.0. The summed E-state index contributed by atoms with van der Waals surface area (Å²) in [6.07, 6.45) is -3.61. The molecule has 0 spiro atoms. The zero-order valence-electron chi connectivity index (χ0n) is 22.0. The number of carboxylic acid groups (broad SMARTS) is 1. The molecule has 0 bridgehead atoms. The van der Waals surface area contributed by atoms with Gasteiger partial charge in [-0.05, 0) is 56.9 Å². The first-order chi connectivity index (χ1) is 17.8. The van der Waals surface area contributed by atoms with Crippen molar-refractivity contribution in [2.24, 2.45) is 11.8 Å². The van der Waals surface area contributed by atoms with Crippen molar-refractivity contribution in [3.63, 3.8) is 0 Å². The SMILES string of the molecule is CC(C)(C)OC(=O)C1CCN(c2cc(C(F)(F)F)ccc2[C@@H]2CN(Cc3ccccc3)CC2C(=O)O)CC1. The third kappa shape index (κ3) is 6.67. The van der Waals surface area contributed by atoms with Gasteiger partial charge in [0.2, 0.25) is 0 Å². The van der Waals surface area contributed by atoms with E-state index in [1.54, 1.807) is 20.8 Å². The molecule has 0 radical (unpaired) electrons. The second-order valence-electron chi connectivity index (χ2n) is 11.3. The summed E-state index contributed by atoms with van der Waals surface area (Å²) in [6, 6.07) is 13.3.